The zero-order valence-electron chi connectivity index (χ0n) is 12.8. The van der Waals surface area contributed by atoms with Gasteiger partial charge in [0.05, 0.1) is 10.6 Å². The minimum Gasteiger partial charge on any atom is -0.508 e. The number of rotatable bonds is 1. The van der Waals surface area contributed by atoms with E-state index in [2.05, 4.69) is 4.72 Å². The van der Waals surface area contributed by atoms with E-state index in [0.717, 1.165) is 0 Å². The van der Waals surface area contributed by atoms with E-state index in [0.29, 0.717) is 22.0 Å². The third kappa shape index (κ3) is 2.36. The lowest BCUT2D eigenvalue weighted by Crippen LogP contribution is -2.05. The standard InChI is InChI=1S/C18H13NO5S/c20-11-5-6-15-14(9-11)17(25(23,24)19-15)8-10-7-16(21)12-3-1-2-4-13(12)18(10)22/h1-9,19-22H. The van der Waals surface area contributed by atoms with Gasteiger partial charge in [-0.1, -0.05) is 24.3 Å². The lowest BCUT2D eigenvalue weighted by atomic mass is 10.0. The fraction of sp³-hybridized carbons (Fsp3) is 0. The van der Waals surface area contributed by atoms with Crippen molar-refractivity contribution in [1.29, 1.82) is 0 Å². The van der Waals surface area contributed by atoms with Crippen LogP contribution < -0.4 is 4.72 Å². The molecule has 0 saturated heterocycles. The Morgan fingerprint density at radius 2 is 1.64 bits per heavy atom. The molecule has 7 heteroatoms. The van der Waals surface area contributed by atoms with Gasteiger partial charge in [-0.3, -0.25) is 4.72 Å². The van der Waals surface area contributed by atoms with Gasteiger partial charge in [0.2, 0.25) is 0 Å². The maximum atomic E-state index is 12.4. The van der Waals surface area contributed by atoms with Gasteiger partial charge in [-0.25, -0.2) is 8.42 Å². The van der Waals surface area contributed by atoms with Crippen LogP contribution in [0.15, 0.2) is 48.5 Å². The minimum atomic E-state index is -3.84. The monoisotopic (exact) mass is 355 g/mol. The van der Waals surface area contributed by atoms with Gasteiger partial charge >= 0.3 is 0 Å². The van der Waals surface area contributed by atoms with Crippen LogP contribution in [0.2, 0.25) is 0 Å². The van der Waals surface area contributed by atoms with Crippen molar-refractivity contribution in [3.8, 4) is 17.2 Å². The van der Waals surface area contributed by atoms with Gasteiger partial charge in [0.15, 0.2) is 0 Å². The second-order valence-corrected chi connectivity index (χ2v) is 7.37. The van der Waals surface area contributed by atoms with E-state index in [-0.39, 0.29) is 27.7 Å². The van der Waals surface area contributed by atoms with Crippen molar-refractivity contribution in [2.24, 2.45) is 0 Å². The molecule has 0 aromatic heterocycles. The molecule has 6 nitrogen and oxygen atoms in total. The molecule has 1 aliphatic rings. The topological polar surface area (TPSA) is 107 Å². The largest absolute Gasteiger partial charge is 0.508 e. The average molecular weight is 355 g/mol. The molecule has 0 unspecified atom stereocenters. The van der Waals surface area contributed by atoms with E-state index in [1.54, 1.807) is 24.3 Å². The van der Waals surface area contributed by atoms with Crippen molar-refractivity contribution in [2.75, 3.05) is 4.72 Å². The number of hydrogen-bond acceptors (Lipinski definition) is 5. The molecule has 3 aromatic rings. The number of nitrogens with one attached hydrogen (secondary N) is 1. The van der Waals surface area contributed by atoms with E-state index < -0.39 is 10.0 Å². The lowest BCUT2D eigenvalue weighted by molar-refractivity contribution is 0.468. The summed E-state index contributed by atoms with van der Waals surface area (Å²) < 4.78 is 27.2. The SMILES string of the molecule is O=S1(=O)Nc2ccc(O)cc2C1=Cc1cc(O)c2ccccc2c1O. The number of aromatic hydroxyl groups is 3. The van der Waals surface area contributed by atoms with Crippen LogP contribution in [0.25, 0.3) is 21.8 Å². The van der Waals surface area contributed by atoms with Gasteiger partial charge in [-0.2, -0.15) is 0 Å². The van der Waals surface area contributed by atoms with Crippen LogP contribution in [-0.2, 0) is 10.0 Å². The molecule has 4 N–H and O–H groups in total. The van der Waals surface area contributed by atoms with Crippen molar-refractivity contribution in [3.63, 3.8) is 0 Å². The Morgan fingerprint density at radius 3 is 2.40 bits per heavy atom. The number of fused-ring (bicyclic) bond motifs is 2. The molecule has 0 bridgehead atoms. The first-order chi connectivity index (χ1) is 11.9. The van der Waals surface area contributed by atoms with Gasteiger partial charge in [0.1, 0.15) is 17.2 Å². The van der Waals surface area contributed by atoms with E-state index in [1.807, 2.05) is 0 Å². The fourth-order valence-electron chi connectivity index (χ4n) is 2.94. The maximum absolute atomic E-state index is 12.4. The van der Waals surface area contributed by atoms with Crippen LogP contribution >= 0.6 is 0 Å². The third-order valence-corrected chi connectivity index (χ3v) is 5.52. The summed E-state index contributed by atoms with van der Waals surface area (Å²) in [6, 6.07) is 12.2. The van der Waals surface area contributed by atoms with Crippen LogP contribution in [0.3, 0.4) is 0 Å². The molecule has 0 spiro atoms. The smallest absolute Gasteiger partial charge is 0.262 e. The van der Waals surface area contributed by atoms with Gasteiger partial charge < -0.3 is 15.3 Å². The summed E-state index contributed by atoms with van der Waals surface area (Å²) in [7, 11) is -3.84. The van der Waals surface area contributed by atoms with Gasteiger partial charge in [0.25, 0.3) is 10.0 Å². The minimum absolute atomic E-state index is 0.0697. The predicted octanol–water partition coefficient (Wildman–Crippen LogP) is 3.21. The molecule has 0 atom stereocenters. The quantitative estimate of drug-likeness (QED) is 0.502. The fourth-order valence-corrected chi connectivity index (χ4v) is 4.26. The molecule has 3 aromatic carbocycles. The second kappa shape index (κ2) is 5.15. The first-order valence-corrected chi connectivity index (χ1v) is 8.87. The van der Waals surface area contributed by atoms with Crippen LogP contribution in [0.4, 0.5) is 5.69 Å². The van der Waals surface area contributed by atoms with Crippen LogP contribution in [-0.4, -0.2) is 23.7 Å². The summed E-state index contributed by atoms with van der Waals surface area (Å²) >= 11 is 0. The predicted molar refractivity (Wildman–Crippen MR) is 95.8 cm³/mol. The van der Waals surface area contributed by atoms with Crippen LogP contribution in [0.1, 0.15) is 11.1 Å². The molecule has 1 heterocycles. The Labute approximate surface area is 143 Å². The molecular formula is C18H13NO5S. The lowest BCUT2D eigenvalue weighted by Gasteiger charge is -2.08. The molecule has 0 saturated carbocycles. The molecule has 0 fully saturated rings. The van der Waals surface area contributed by atoms with Crippen LogP contribution in [0, 0.1) is 0 Å². The van der Waals surface area contributed by atoms with Gasteiger partial charge in [-0.15, -0.1) is 0 Å². The molecule has 25 heavy (non-hydrogen) atoms. The number of anilines is 1. The average Bonchev–Trinajstić information content (AvgIpc) is 2.82. The summed E-state index contributed by atoms with van der Waals surface area (Å²) in [6.07, 6.45) is 1.27. The van der Waals surface area contributed by atoms with E-state index in [9.17, 15) is 23.7 Å². The summed E-state index contributed by atoms with van der Waals surface area (Å²) in [6.45, 7) is 0. The van der Waals surface area contributed by atoms with Crippen molar-refractivity contribution < 1.29 is 23.7 Å². The van der Waals surface area contributed by atoms with Gasteiger partial charge in [0, 0.05) is 21.9 Å². The zero-order valence-corrected chi connectivity index (χ0v) is 13.6. The maximum Gasteiger partial charge on any atom is 0.262 e. The zero-order chi connectivity index (χ0) is 17.8. The molecule has 0 amide bonds. The molecule has 0 aliphatic carbocycles. The highest BCUT2D eigenvalue weighted by molar-refractivity contribution is 8.02. The molecule has 1 aliphatic heterocycles. The highest BCUT2D eigenvalue weighted by Crippen LogP contribution is 2.42. The Hall–Kier alpha value is -3.19. The molecule has 0 radical (unpaired) electrons. The number of phenols is 3. The summed E-state index contributed by atoms with van der Waals surface area (Å²) in [5, 5.41) is 31.2. The normalized spacial score (nSPS) is 16.7. The Balaban J connectivity index is 2.00. The highest BCUT2D eigenvalue weighted by Gasteiger charge is 2.31. The Morgan fingerprint density at radius 1 is 0.920 bits per heavy atom. The third-order valence-electron chi connectivity index (χ3n) is 4.11. The number of sulfonamides is 1. The van der Waals surface area contributed by atoms with Crippen molar-refractivity contribution in [3.05, 3.63) is 59.7 Å². The number of phenolic OH excluding ortho intramolecular Hbond substituents is 3. The second-order valence-electron chi connectivity index (χ2n) is 5.72. The highest BCUT2D eigenvalue weighted by atomic mass is 32.2. The Kier molecular flexibility index (Phi) is 3.16. The molecular weight excluding hydrogens is 342 g/mol. The number of hydrogen-bond donors (Lipinski definition) is 4. The first-order valence-electron chi connectivity index (χ1n) is 7.38. The van der Waals surface area contributed by atoms with Crippen molar-refractivity contribution in [1.82, 2.24) is 0 Å². The number of benzene rings is 3. The van der Waals surface area contributed by atoms with E-state index >= 15 is 0 Å². The van der Waals surface area contributed by atoms with Gasteiger partial charge in [-0.05, 0) is 30.3 Å². The Bertz CT molecular complexity index is 1170. The van der Waals surface area contributed by atoms with Crippen LogP contribution in [0.5, 0.6) is 17.2 Å². The van der Waals surface area contributed by atoms with Crippen molar-refractivity contribution >= 4 is 37.5 Å². The van der Waals surface area contributed by atoms with Crippen molar-refractivity contribution in [2.45, 2.75) is 0 Å². The molecule has 126 valence electrons. The first kappa shape index (κ1) is 15.3. The van der Waals surface area contributed by atoms with E-state index in [4.69, 9.17) is 0 Å². The summed E-state index contributed by atoms with van der Waals surface area (Å²) in [5.41, 5.74) is 0.799. The summed E-state index contributed by atoms with van der Waals surface area (Å²) in [4.78, 5) is -0.0941. The molecule has 4 rings (SSSR count). The van der Waals surface area contributed by atoms with E-state index in [1.165, 1.54) is 30.3 Å². The summed E-state index contributed by atoms with van der Waals surface area (Å²) in [5.74, 6) is -0.279.